The van der Waals surface area contributed by atoms with E-state index >= 15 is 0 Å². The molecule has 1 aliphatic carbocycles. The summed E-state index contributed by atoms with van der Waals surface area (Å²) in [6.07, 6.45) is 3.49. The predicted molar refractivity (Wildman–Crippen MR) is 99.8 cm³/mol. The molecule has 3 rings (SSSR count). The topological polar surface area (TPSA) is 64.6 Å². The van der Waals surface area contributed by atoms with Gasteiger partial charge in [0.1, 0.15) is 5.75 Å². The number of esters is 1. The second kappa shape index (κ2) is 8.23. The first-order chi connectivity index (χ1) is 12.5. The van der Waals surface area contributed by atoms with E-state index in [0.717, 1.165) is 18.4 Å². The number of carbonyl (C=O) groups is 2. The lowest BCUT2D eigenvalue weighted by Crippen LogP contribution is -2.21. The average Bonchev–Trinajstić information content (AvgIpc) is 3.08. The van der Waals surface area contributed by atoms with Crippen LogP contribution in [0.2, 0.25) is 5.02 Å². The van der Waals surface area contributed by atoms with Crippen LogP contribution in [0.4, 0.5) is 5.69 Å². The summed E-state index contributed by atoms with van der Waals surface area (Å²) in [7, 11) is 1.51. The van der Waals surface area contributed by atoms with Crippen LogP contribution < -0.4 is 10.1 Å². The number of fused-ring (bicyclic) bond motifs is 1. The maximum atomic E-state index is 12.0. The molecule has 0 heterocycles. The van der Waals surface area contributed by atoms with Crippen LogP contribution in [0.5, 0.6) is 5.75 Å². The summed E-state index contributed by atoms with van der Waals surface area (Å²) < 4.78 is 10.1. The van der Waals surface area contributed by atoms with Crippen molar-refractivity contribution in [3.05, 3.63) is 58.1 Å². The van der Waals surface area contributed by atoms with E-state index in [1.54, 1.807) is 18.2 Å². The fourth-order valence-electron chi connectivity index (χ4n) is 3.04. The van der Waals surface area contributed by atoms with Crippen molar-refractivity contribution in [2.24, 2.45) is 0 Å². The zero-order valence-corrected chi connectivity index (χ0v) is 15.3. The van der Waals surface area contributed by atoms with Crippen LogP contribution in [0.3, 0.4) is 0 Å². The Kier molecular flexibility index (Phi) is 5.78. The Bertz CT molecular complexity index is 835. The summed E-state index contributed by atoms with van der Waals surface area (Å²) in [4.78, 5) is 23.9. The van der Waals surface area contributed by atoms with E-state index < -0.39 is 11.9 Å². The Hall–Kier alpha value is -2.53. The molecule has 0 atom stereocenters. The Morgan fingerprint density at radius 3 is 2.69 bits per heavy atom. The van der Waals surface area contributed by atoms with Gasteiger partial charge in [0.15, 0.2) is 6.61 Å². The molecule has 2 aromatic carbocycles. The van der Waals surface area contributed by atoms with Crippen molar-refractivity contribution >= 4 is 29.2 Å². The molecular formula is C20H20ClNO4. The van der Waals surface area contributed by atoms with Crippen LogP contribution in [-0.2, 0) is 33.6 Å². The number of amides is 1. The molecule has 0 radical (unpaired) electrons. The van der Waals surface area contributed by atoms with E-state index in [1.165, 1.54) is 24.7 Å². The maximum absolute atomic E-state index is 12.0. The van der Waals surface area contributed by atoms with Crippen molar-refractivity contribution in [2.75, 3.05) is 19.0 Å². The Labute approximate surface area is 157 Å². The lowest BCUT2D eigenvalue weighted by molar-refractivity contribution is -0.146. The molecule has 0 unspecified atom stereocenters. The first-order valence-corrected chi connectivity index (χ1v) is 8.82. The van der Waals surface area contributed by atoms with Gasteiger partial charge in [0, 0.05) is 5.69 Å². The lowest BCUT2D eigenvalue weighted by atomic mass is 10.0. The highest BCUT2D eigenvalue weighted by atomic mass is 35.5. The fraction of sp³-hybridized carbons (Fsp3) is 0.300. The Balaban J connectivity index is 1.48. The highest BCUT2D eigenvalue weighted by molar-refractivity contribution is 6.32. The van der Waals surface area contributed by atoms with Crippen molar-refractivity contribution in [2.45, 2.75) is 25.7 Å². The van der Waals surface area contributed by atoms with Crippen molar-refractivity contribution in [1.82, 2.24) is 0 Å². The van der Waals surface area contributed by atoms with E-state index in [1.807, 2.05) is 6.07 Å². The quantitative estimate of drug-likeness (QED) is 0.786. The Morgan fingerprint density at radius 2 is 1.92 bits per heavy atom. The summed E-state index contributed by atoms with van der Waals surface area (Å²) >= 11 is 6.01. The molecule has 0 saturated carbocycles. The first-order valence-electron chi connectivity index (χ1n) is 8.45. The van der Waals surface area contributed by atoms with Gasteiger partial charge in [0.25, 0.3) is 5.91 Å². The lowest BCUT2D eigenvalue weighted by Gasteiger charge is -2.09. The molecule has 1 N–H and O–H groups in total. The SMILES string of the molecule is COc1ccc(NC(=O)COC(=O)Cc2ccc3c(c2)CCC3)cc1Cl. The number of halogens is 1. The summed E-state index contributed by atoms with van der Waals surface area (Å²) in [5, 5.41) is 3.02. The number of carbonyl (C=O) groups excluding carboxylic acids is 2. The molecule has 0 aliphatic heterocycles. The van der Waals surface area contributed by atoms with Gasteiger partial charge < -0.3 is 14.8 Å². The molecule has 2 aromatic rings. The minimum Gasteiger partial charge on any atom is -0.495 e. The number of rotatable bonds is 6. The molecule has 26 heavy (non-hydrogen) atoms. The summed E-state index contributed by atoms with van der Waals surface area (Å²) in [6, 6.07) is 11.0. The molecule has 0 saturated heterocycles. The number of hydrogen-bond acceptors (Lipinski definition) is 4. The van der Waals surface area contributed by atoms with Crippen molar-refractivity contribution in [1.29, 1.82) is 0 Å². The summed E-state index contributed by atoms with van der Waals surface area (Å²) in [5.41, 5.74) is 4.09. The van der Waals surface area contributed by atoms with E-state index in [-0.39, 0.29) is 13.0 Å². The number of anilines is 1. The normalized spacial score (nSPS) is 12.4. The third kappa shape index (κ3) is 4.55. The van der Waals surface area contributed by atoms with Crippen molar-refractivity contribution in [3.63, 3.8) is 0 Å². The standard InChI is InChI=1S/C20H20ClNO4/c1-25-18-8-7-16(11-17(18)21)22-19(23)12-26-20(24)10-13-5-6-14-3-2-4-15(14)9-13/h5-9,11H,2-4,10,12H2,1H3,(H,22,23). The highest BCUT2D eigenvalue weighted by Crippen LogP contribution is 2.27. The molecule has 136 valence electrons. The fourth-order valence-corrected chi connectivity index (χ4v) is 3.30. The van der Waals surface area contributed by atoms with Crippen molar-refractivity contribution < 1.29 is 19.1 Å². The monoisotopic (exact) mass is 373 g/mol. The number of hydrogen-bond donors (Lipinski definition) is 1. The molecule has 0 spiro atoms. The second-order valence-electron chi connectivity index (χ2n) is 6.19. The highest BCUT2D eigenvalue weighted by Gasteiger charge is 2.14. The smallest absolute Gasteiger partial charge is 0.310 e. The number of benzene rings is 2. The summed E-state index contributed by atoms with van der Waals surface area (Å²) in [6.45, 7) is -0.340. The molecule has 0 aromatic heterocycles. The third-order valence-electron chi connectivity index (χ3n) is 4.31. The third-order valence-corrected chi connectivity index (χ3v) is 4.61. The number of ether oxygens (including phenoxy) is 2. The van der Waals surface area contributed by atoms with E-state index in [2.05, 4.69) is 17.4 Å². The predicted octanol–water partition coefficient (Wildman–Crippen LogP) is 3.56. The Morgan fingerprint density at radius 1 is 1.12 bits per heavy atom. The van der Waals surface area contributed by atoms with Gasteiger partial charge in [0.2, 0.25) is 0 Å². The molecule has 1 aliphatic rings. The zero-order chi connectivity index (χ0) is 18.5. The van der Waals surface area contributed by atoms with E-state index in [0.29, 0.717) is 16.5 Å². The first kappa shape index (κ1) is 18.3. The number of nitrogens with one attached hydrogen (secondary N) is 1. The molecular weight excluding hydrogens is 354 g/mol. The van der Waals surface area contributed by atoms with Crippen LogP contribution in [-0.4, -0.2) is 25.6 Å². The molecule has 1 amide bonds. The average molecular weight is 374 g/mol. The van der Waals surface area contributed by atoms with Gasteiger partial charge in [-0.15, -0.1) is 0 Å². The van der Waals surface area contributed by atoms with Gasteiger partial charge in [-0.1, -0.05) is 29.8 Å². The number of aryl methyl sites for hydroxylation is 2. The summed E-state index contributed by atoms with van der Waals surface area (Å²) in [5.74, 6) is -0.329. The van der Waals surface area contributed by atoms with Crippen molar-refractivity contribution in [3.8, 4) is 5.75 Å². The molecule has 0 fully saturated rings. The van der Waals surface area contributed by atoms with Crippen LogP contribution in [0.1, 0.15) is 23.1 Å². The van der Waals surface area contributed by atoms with Gasteiger partial charge in [-0.05, 0) is 54.2 Å². The largest absolute Gasteiger partial charge is 0.495 e. The molecule has 0 bridgehead atoms. The van der Waals surface area contributed by atoms with Crippen LogP contribution in [0.25, 0.3) is 0 Å². The van der Waals surface area contributed by atoms with Gasteiger partial charge in [-0.3, -0.25) is 9.59 Å². The van der Waals surface area contributed by atoms with Crippen LogP contribution in [0, 0.1) is 0 Å². The van der Waals surface area contributed by atoms with Gasteiger partial charge in [-0.25, -0.2) is 0 Å². The number of methoxy groups -OCH3 is 1. The van der Waals surface area contributed by atoms with Gasteiger partial charge >= 0.3 is 5.97 Å². The maximum Gasteiger partial charge on any atom is 0.310 e. The van der Waals surface area contributed by atoms with Gasteiger partial charge in [0.05, 0.1) is 18.6 Å². The van der Waals surface area contributed by atoms with Gasteiger partial charge in [-0.2, -0.15) is 0 Å². The molecule has 6 heteroatoms. The minimum atomic E-state index is -0.425. The second-order valence-corrected chi connectivity index (χ2v) is 6.60. The zero-order valence-electron chi connectivity index (χ0n) is 14.5. The minimum absolute atomic E-state index is 0.162. The van der Waals surface area contributed by atoms with Crippen LogP contribution >= 0.6 is 11.6 Å². The molecule has 5 nitrogen and oxygen atoms in total. The van der Waals surface area contributed by atoms with E-state index in [9.17, 15) is 9.59 Å². The van der Waals surface area contributed by atoms with E-state index in [4.69, 9.17) is 21.1 Å². The van der Waals surface area contributed by atoms with Crippen LogP contribution in [0.15, 0.2) is 36.4 Å².